The molecule has 0 unspecified atom stereocenters. The van der Waals surface area contributed by atoms with E-state index >= 15 is 0 Å². The molecule has 3 nitrogen and oxygen atoms in total. The molecule has 2 N–H and O–H groups in total. The topological polar surface area (TPSA) is 52.3 Å². The number of carbonyl (C=O) groups is 1. The van der Waals surface area contributed by atoms with E-state index in [4.69, 9.17) is 4.74 Å². The summed E-state index contributed by atoms with van der Waals surface area (Å²) in [7, 11) is 3.09. The van der Waals surface area contributed by atoms with Crippen LogP contribution in [0.15, 0.2) is 24.3 Å². The highest BCUT2D eigenvalue weighted by atomic mass is 16.5. The van der Waals surface area contributed by atoms with Gasteiger partial charge in [-0.25, -0.2) is 0 Å². The highest BCUT2D eigenvalue weighted by Crippen LogP contribution is 2.09. The zero-order valence-electron chi connectivity index (χ0n) is 7.28. The molecule has 12 heavy (non-hydrogen) atoms. The normalized spacial score (nSPS) is 7.92. The smallest absolute Gasteiger partial charge is 0.150 e. The van der Waals surface area contributed by atoms with Gasteiger partial charge in [-0.05, 0) is 31.3 Å². The Hall–Kier alpha value is -1.35. The van der Waals surface area contributed by atoms with Gasteiger partial charge in [-0.1, -0.05) is 0 Å². The van der Waals surface area contributed by atoms with Crippen LogP contribution in [0.1, 0.15) is 10.4 Å². The Balaban J connectivity index is 0.000000561. The summed E-state index contributed by atoms with van der Waals surface area (Å²) in [4.78, 5) is 10.2. The summed E-state index contributed by atoms with van der Waals surface area (Å²) >= 11 is 0. The molecular weight excluding hydrogens is 154 g/mol. The van der Waals surface area contributed by atoms with Crippen molar-refractivity contribution >= 4 is 6.29 Å². The molecule has 0 radical (unpaired) electrons. The summed E-state index contributed by atoms with van der Waals surface area (Å²) in [6.45, 7) is 0. The molecule has 1 aromatic carbocycles. The maximum atomic E-state index is 10.2. The van der Waals surface area contributed by atoms with Gasteiger partial charge in [0.2, 0.25) is 0 Å². The number of hydrogen-bond donors (Lipinski definition) is 1. The summed E-state index contributed by atoms with van der Waals surface area (Å²) in [5.41, 5.74) is 5.17. The zero-order chi connectivity index (χ0) is 9.40. The average molecular weight is 167 g/mol. The van der Waals surface area contributed by atoms with Crippen LogP contribution in [0.4, 0.5) is 0 Å². The van der Waals surface area contributed by atoms with Crippen molar-refractivity contribution in [1.29, 1.82) is 0 Å². The van der Waals surface area contributed by atoms with Crippen LogP contribution in [-0.4, -0.2) is 20.4 Å². The maximum absolute atomic E-state index is 10.2. The first kappa shape index (κ1) is 10.7. The number of methoxy groups -OCH3 is 1. The first-order valence-corrected chi connectivity index (χ1v) is 3.54. The zero-order valence-corrected chi connectivity index (χ0v) is 7.28. The number of hydrogen-bond acceptors (Lipinski definition) is 3. The third-order valence-electron chi connectivity index (χ3n) is 1.25. The van der Waals surface area contributed by atoms with Crippen molar-refractivity contribution in [2.75, 3.05) is 14.2 Å². The molecule has 0 fully saturated rings. The fraction of sp³-hybridized carbons (Fsp3) is 0.222. The Kier molecular flexibility index (Phi) is 5.65. The summed E-state index contributed by atoms with van der Waals surface area (Å²) in [6, 6.07) is 6.94. The molecule has 1 aromatic rings. The number of nitrogens with two attached hydrogens (primary N) is 1. The lowest BCUT2D eigenvalue weighted by atomic mass is 10.2. The standard InChI is InChI=1S/C8H8O2.CH5N/c1-10-8-4-2-7(6-9)3-5-8;1-2/h2-6H,1H3;2H2,1H3. The third kappa shape index (κ3) is 3.16. The maximum Gasteiger partial charge on any atom is 0.150 e. The fourth-order valence-corrected chi connectivity index (χ4v) is 0.682. The van der Waals surface area contributed by atoms with Gasteiger partial charge in [-0.15, -0.1) is 0 Å². The fourth-order valence-electron chi connectivity index (χ4n) is 0.682. The van der Waals surface area contributed by atoms with Crippen molar-refractivity contribution in [3.05, 3.63) is 29.8 Å². The second kappa shape index (κ2) is 6.37. The Bertz CT molecular complexity index is 218. The van der Waals surface area contributed by atoms with Crippen LogP contribution in [0, 0.1) is 0 Å². The molecule has 0 heterocycles. The van der Waals surface area contributed by atoms with Gasteiger partial charge < -0.3 is 10.5 Å². The molecule has 0 saturated heterocycles. The van der Waals surface area contributed by atoms with E-state index in [1.165, 1.54) is 7.05 Å². The summed E-state index contributed by atoms with van der Waals surface area (Å²) in [5.74, 6) is 0.769. The van der Waals surface area contributed by atoms with E-state index in [9.17, 15) is 4.79 Å². The van der Waals surface area contributed by atoms with E-state index in [0.29, 0.717) is 5.56 Å². The molecule has 0 saturated carbocycles. The minimum absolute atomic E-state index is 0.667. The Morgan fingerprint density at radius 1 is 1.25 bits per heavy atom. The number of carbonyl (C=O) groups excluding carboxylic acids is 1. The monoisotopic (exact) mass is 167 g/mol. The number of benzene rings is 1. The molecule has 0 aliphatic heterocycles. The van der Waals surface area contributed by atoms with Crippen LogP contribution < -0.4 is 10.5 Å². The highest BCUT2D eigenvalue weighted by Gasteiger charge is 1.89. The Morgan fingerprint density at radius 3 is 2.08 bits per heavy atom. The number of aldehydes is 1. The Labute approximate surface area is 72.1 Å². The lowest BCUT2D eigenvalue weighted by Gasteiger charge is -1.96. The molecule has 1 rings (SSSR count). The first-order valence-electron chi connectivity index (χ1n) is 3.54. The van der Waals surface area contributed by atoms with Gasteiger partial charge in [0, 0.05) is 5.56 Å². The average Bonchev–Trinajstić information content (AvgIpc) is 2.21. The summed E-state index contributed by atoms with van der Waals surface area (Å²) in [6.07, 6.45) is 0.805. The van der Waals surface area contributed by atoms with E-state index < -0.39 is 0 Å². The van der Waals surface area contributed by atoms with Crippen molar-refractivity contribution in [3.8, 4) is 5.75 Å². The van der Waals surface area contributed by atoms with Gasteiger partial charge in [0.25, 0.3) is 0 Å². The van der Waals surface area contributed by atoms with Gasteiger partial charge in [0.15, 0.2) is 0 Å². The van der Waals surface area contributed by atoms with E-state index in [0.717, 1.165) is 12.0 Å². The van der Waals surface area contributed by atoms with Crippen LogP contribution in [0.2, 0.25) is 0 Å². The molecule has 0 aliphatic carbocycles. The van der Waals surface area contributed by atoms with Gasteiger partial charge in [-0.3, -0.25) is 4.79 Å². The molecule has 0 spiro atoms. The quantitative estimate of drug-likeness (QED) is 0.670. The van der Waals surface area contributed by atoms with Crippen LogP contribution in [0.25, 0.3) is 0 Å². The Morgan fingerprint density at radius 2 is 1.75 bits per heavy atom. The number of rotatable bonds is 2. The van der Waals surface area contributed by atoms with Crippen LogP contribution >= 0.6 is 0 Å². The lowest BCUT2D eigenvalue weighted by Crippen LogP contribution is -1.82. The van der Waals surface area contributed by atoms with Crippen molar-refractivity contribution in [1.82, 2.24) is 0 Å². The van der Waals surface area contributed by atoms with Crippen LogP contribution in [0.5, 0.6) is 5.75 Å². The second-order valence-corrected chi connectivity index (χ2v) is 1.89. The largest absolute Gasteiger partial charge is 0.497 e. The highest BCUT2D eigenvalue weighted by molar-refractivity contribution is 5.74. The van der Waals surface area contributed by atoms with Crippen molar-refractivity contribution in [3.63, 3.8) is 0 Å². The minimum Gasteiger partial charge on any atom is -0.497 e. The molecule has 0 aliphatic rings. The summed E-state index contributed by atoms with van der Waals surface area (Å²) in [5, 5.41) is 0. The number of ether oxygens (including phenoxy) is 1. The van der Waals surface area contributed by atoms with E-state index in [1.807, 2.05) is 0 Å². The molecule has 66 valence electrons. The molecule has 0 atom stereocenters. The van der Waals surface area contributed by atoms with Gasteiger partial charge >= 0.3 is 0 Å². The van der Waals surface area contributed by atoms with E-state index in [-0.39, 0.29) is 0 Å². The van der Waals surface area contributed by atoms with E-state index in [2.05, 4.69) is 5.73 Å². The van der Waals surface area contributed by atoms with Crippen molar-refractivity contribution < 1.29 is 9.53 Å². The summed E-state index contributed by atoms with van der Waals surface area (Å²) < 4.78 is 4.90. The van der Waals surface area contributed by atoms with Gasteiger partial charge in [0.05, 0.1) is 7.11 Å². The predicted octanol–water partition coefficient (Wildman–Crippen LogP) is 1.08. The molecule has 0 amide bonds. The van der Waals surface area contributed by atoms with Gasteiger partial charge in [0.1, 0.15) is 12.0 Å². The SMILES string of the molecule is CN.COc1ccc(C=O)cc1. The predicted molar refractivity (Wildman–Crippen MR) is 48.5 cm³/mol. The van der Waals surface area contributed by atoms with Crippen molar-refractivity contribution in [2.45, 2.75) is 0 Å². The lowest BCUT2D eigenvalue weighted by molar-refractivity contribution is 0.112. The van der Waals surface area contributed by atoms with Crippen molar-refractivity contribution in [2.24, 2.45) is 5.73 Å². The van der Waals surface area contributed by atoms with Gasteiger partial charge in [-0.2, -0.15) is 0 Å². The molecule has 0 aromatic heterocycles. The molecule has 0 bridgehead atoms. The molecular formula is C9H13NO2. The van der Waals surface area contributed by atoms with E-state index in [1.54, 1.807) is 31.4 Å². The van der Waals surface area contributed by atoms with Crippen LogP contribution in [-0.2, 0) is 0 Å². The first-order chi connectivity index (χ1) is 5.86. The minimum atomic E-state index is 0.667. The molecule has 3 heteroatoms. The third-order valence-corrected chi connectivity index (χ3v) is 1.25. The second-order valence-electron chi connectivity index (χ2n) is 1.89. The van der Waals surface area contributed by atoms with Crippen LogP contribution in [0.3, 0.4) is 0 Å².